The van der Waals surface area contributed by atoms with E-state index in [9.17, 15) is 9.59 Å². The molecule has 1 aliphatic rings. The quantitative estimate of drug-likeness (QED) is 0.554. The summed E-state index contributed by atoms with van der Waals surface area (Å²) >= 11 is 0. The van der Waals surface area contributed by atoms with Crippen molar-refractivity contribution in [3.63, 3.8) is 0 Å². The molecule has 0 radical (unpaired) electrons. The van der Waals surface area contributed by atoms with Gasteiger partial charge in [-0.2, -0.15) is 0 Å². The third kappa shape index (κ3) is 13.2. The minimum absolute atomic E-state index is 0. The molecule has 112 valence electrons. The van der Waals surface area contributed by atoms with Crippen LogP contribution in [0.2, 0.25) is 0 Å². The van der Waals surface area contributed by atoms with Crippen LogP contribution in [0.1, 0.15) is 40.5 Å². The Hall–Kier alpha value is -0.820. The van der Waals surface area contributed by atoms with Crippen LogP contribution >= 0.6 is 0 Å². The molecule has 0 bridgehead atoms. The van der Waals surface area contributed by atoms with Crippen molar-refractivity contribution in [3.8, 4) is 0 Å². The molecule has 0 aromatic carbocycles. The summed E-state index contributed by atoms with van der Waals surface area (Å²) in [5.74, 6) is 0. The van der Waals surface area contributed by atoms with E-state index in [1.165, 1.54) is 0 Å². The average molecular weight is 268 g/mol. The first-order valence-electron chi connectivity index (χ1n) is 4.86. The van der Waals surface area contributed by atoms with Crippen molar-refractivity contribution in [1.29, 1.82) is 0 Å². The molecule has 2 unspecified atom stereocenters. The molecule has 1 saturated heterocycles. The van der Waals surface area contributed by atoms with Gasteiger partial charge in [-0.25, -0.2) is 0 Å². The number of ether oxygens (including phenoxy) is 3. The van der Waals surface area contributed by atoms with Gasteiger partial charge >= 0.3 is 0 Å². The molecular formula is C12H28O6. The Kier molecular flexibility index (Phi) is 26.7. The Morgan fingerprint density at radius 3 is 1.50 bits per heavy atom. The predicted octanol–water partition coefficient (Wildman–Crippen LogP) is 1.35. The van der Waals surface area contributed by atoms with Gasteiger partial charge in [-0.15, -0.1) is 0 Å². The molecule has 2 atom stereocenters. The highest BCUT2D eigenvalue weighted by molar-refractivity contribution is 5.58. The largest absolute Gasteiger partial charge is 0.412 e. The van der Waals surface area contributed by atoms with E-state index in [1.54, 1.807) is 14.2 Å². The molecule has 1 heterocycles. The Balaban J connectivity index is -0.0000000992. The minimum Gasteiger partial charge on any atom is -0.412 e. The van der Waals surface area contributed by atoms with Crippen molar-refractivity contribution in [2.45, 2.75) is 53.1 Å². The van der Waals surface area contributed by atoms with Crippen LogP contribution in [0.4, 0.5) is 0 Å². The first-order valence-corrected chi connectivity index (χ1v) is 4.86. The fourth-order valence-electron chi connectivity index (χ4n) is 1.06. The molecule has 0 spiro atoms. The van der Waals surface area contributed by atoms with E-state index in [0.717, 1.165) is 25.4 Å². The van der Waals surface area contributed by atoms with Crippen molar-refractivity contribution in [1.82, 2.24) is 0 Å². The van der Waals surface area contributed by atoms with E-state index in [4.69, 9.17) is 14.2 Å². The van der Waals surface area contributed by atoms with Crippen molar-refractivity contribution < 1.29 is 29.3 Å². The van der Waals surface area contributed by atoms with Crippen LogP contribution in [0.25, 0.3) is 0 Å². The maximum atomic E-state index is 9.40. The summed E-state index contributed by atoms with van der Waals surface area (Å²) in [4.78, 5) is 18.8. The fraction of sp³-hybridized carbons (Fsp3) is 0.833. The number of aldehydes is 2. The molecular weight excluding hydrogens is 240 g/mol. The topological polar surface area (TPSA) is 93.3 Å². The molecule has 1 rings (SSSR count). The smallest absolute Gasteiger partial charge is 0.160 e. The summed E-state index contributed by atoms with van der Waals surface area (Å²) in [6.45, 7) is 0. The van der Waals surface area contributed by atoms with Crippen molar-refractivity contribution in [3.05, 3.63) is 0 Å². The summed E-state index contributed by atoms with van der Waals surface area (Å²) < 4.78 is 15.1. The second-order valence-corrected chi connectivity index (χ2v) is 2.95. The Morgan fingerprint density at radius 1 is 1.00 bits per heavy atom. The van der Waals surface area contributed by atoms with Crippen molar-refractivity contribution in [2.75, 3.05) is 14.2 Å². The molecule has 6 nitrogen and oxygen atoms in total. The highest BCUT2D eigenvalue weighted by atomic mass is 16.8. The van der Waals surface area contributed by atoms with E-state index in [-0.39, 0.29) is 32.9 Å². The van der Waals surface area contributed by atoms with Gasteiger partial charge in [0.05, 0.1) is 0 Å². The third-order valence-corrected chi connectivity index (χ3v) is 1.87. The Labute approximate surface area is 110 Å². The lowest BCUT2D eigenvalue weighted by atomic mass is 10.3. The standard InChI is InChI=1S/C6H12O3.C4H6O2.2CH4.H2O/c1-7-5-3-4-6(8-2)9-5;5-3-1-2-4-6;;;/h5-6H,3-4H2,1-2H3;3-4H,1-2H2;2*1H4;1H2. The van der Waals surface area contributed by atoms with Gasteiger partial charge in [0.25, 0.3) is 0 Å². The van der Waals surface area contributed by atoms with Crippen LogP contribution in [0.5, 0.6) is 0 Å². The van der Waals surface area contributed by atoms with Gasteiger partial charge in [0, 0.05) is 39.9 Å². The summed E-state index contributed by atoms with van der Waals surface area (Å²) in [6, 6.07) is 0. The molecule has 1 aliphatic heterocycles. The normalized spacial score (nSPS) is 20.1. The highest BCUT2D eigenvalue weighted by Gasteiger charge is 2.23. The number of carbonyl (C=O) groups is 2. The summed E-state index contributed by atoms with van der Waals surface area (Å²) in [6.07, 6.45) is 3.98. The number of carbonyl (C=O) groups excluding carboxylic acids is 2. The molecule has 18 heavy (non-hydrogen) atoms. The Bertz CT molecular complexity index is 156. The number of hydrogen-bond donors (Lipinski definition) is 0. The van der Waals surface area contributed by atoms with Gasteiger partial charge < -0.3 is 29.3 Å². The van der Waals surface area contributed by atoms with Gasteiger partial charge in [-0.05, 0) is 0 Å². The summed E-state index contributed by atoms with van der Waals surface area (Å²) in [7, 11) is 3.28. The molecule has 0 aromatic rings. The first-order chi connectivity index (χ1) is 7.28. The molecule has 0 aliphatic carbocycles. The van der Waals surface area contributed by atoms with Gasteiger partial charge in [-0.1, -0.05) is 14.9 Å². The number of methoxy groups -OCH3 is 2. The zero-order valence-corrected chi connectivity index (χ0v) is 9.68. The summed E-state index contributed by atoms with van der Waals surface area (Å²) in [5.41, 5.74) is 0. The van der Waals surface area contributed by atoms with Gasteiger partial charge in [0.1, 0.15) is 12.6 Å². The van der Waals surface area contributed by atoms with Gasteiger partial charge in [0.15, 0.2) is 12.6 Å². The molecule has 0 saturated carbocycles. The summed E-state index contributed by atoms with van der Waals surface area (Å²) in [5, 5.41) is 0. The lowest BCUT2D eigenvalue weighted by molar-refractivity contribution is -0.185. The predicted molar refractivity (Wildman–Crippen MR) is 70.4 cm³/mol. The van der Waals surface area contributed by atoms with E-state index in [2.05, 4.69) is 0 Å². The second kappa shape index (κ2) is 18.5. The van der Waals surface area contributed by atoms with Gasteiger partial charge in [0.2, 0.25) is 0 Å². The Morgan fingerprint density at radius 2 is 1.33 bits per heavy atom. The maximum absolute atomic E-state index is 9.40. The van der Waals surface area contributed by atoms with Gasteiger partial charge in [-0.3, -0.25) is 0 Å². The number of unbranched alkanes of at least 4 members (excludes halogenated alkanes) is 1. The van der Waals surface area contributed by atoms with E-state index >= 15 is 0 Å². The van der Waals surface area contributed by atoms with E-state index < -0.39 is 0 Å². The van der Waals surface area contributed by atoms with E-state index in [0.29, 0.717) is 12.8 Å². The molecule has 0 aromatic heterocycles. The van der Waals surface area contributed by atoms with Crippen molar-refractivity contribution >= 4 is 12.6 Å². The maximum Gasteiger partial charge on any atom is 0.160 e. The average Bonchev–Trinajstić information content (AvgIpc) is 2.75. The first kappa shape index (κ1) is 25.9. The zero-order chi connectivity index (χ0) is 11.5. The fourth-order valence-corrected chi connectivity index (χ4v) is 1.06. The second-order valence-electron chi connectivity index (χ2n) is 2.95. The highest BCUT2D eigenvalue weighted by Crippen LogP contribution is 2.19. The van der Waals surface area contributed by atoms with E-state index in [1.807, 2.05) is 0 Å². The molecule has 1 fully saturated rings. The SMILES string of the molecule is C.C.COC1CCC(OC)O1.O.O=CCCC=O. The minimum atomic E-state index is -0.0463. The molecule has 0 amide bonds. The van der Waals surface area contributed by atoms with Crippen molar-refractivity contribution in [2.24, 2.45) is 0 Å². The zero-order valence-electron chi connectivity index (χ0n) is 9.68. The van der Waals surface area contributed by atoms with Crippen LogP contribution in [-0.4, -0.2) is 44.8 Å². The lowest BCUT2D eigenvalue weighted by Gasteiger charge is -2.09. The lowest BCUT2D eigenvalue weighted by Crippen LogP contribution is -2.13. The van der Waals surface area contributed by atoms with Crippen LogP contribution in [0.15, 0.2) is 0 Å². The number of rotatable bonds is 5. The molecule has 6 heteroatoms. The van der Waals surface area contributed by atoms with Crippen LogP contribution in [-0.2, 0) is 23.8 Å². The van der Waals surface area contributed by atoms with Crippen LogP contribution in [0.3, 0.4) is 0 Å². The van der Waals surface area contributed by atoms with Crippen LogP contribution in [0, 0.1) is 0 Å². The third-order valence-electron chi connectivity index (χ3n) is 1.87. The van der Waals surface area contributed by atoms with Crippen LogP contribution < -0.4 is 0 Å². The monoisotopic (exact) mass is 268 g/mol. The number of hydrogen-bond acceptors (Lipinski definition) is 5. The molecule has 2 N–H and O–H groups in total.